The van der Waals surface area contributed by atoms with Gasteiger partial charge < -0.3 is 14.7 Å². The maximum absolute atomic E-state index is 9.54. The zero-order valence-electron chi connectivity index (χ0n) is 10.2. The van der Waals surface area contributed by atoms with Crippen LogP contribution < -0.4 is 4.90 Å². The second kappa shape index (κ2) is 5.38. The summed E-state index contributed by atoms with van der Waals surface area (Å²) in [5.74, 6) is 0. The molecule has 17 heavy (non-hydrogen) atoms. The lowest BCUT2D eigenvalue weighted by Gasteiger charge is -2.33. The molecule has 1 saturated heterocycles. The number of aliphatic hydroxyl groups is 1. The molecule has 2 rings (SSSR count). The Morgan fingerprint density at radius 1 is 1.53 bits per heavy atom. The van der Waals surface area contributed by atoms with Gasteiger partial charge in [0, 0.05) is 17.6 Å². The smallest absolute Gasteiger partial charge is 0.0762 e. The lowest BCUT2D eigenvalue weighted by Crippen LogP contribution is -2.41. The lowest BCUT2D eigenvalue weighted by atomic mass is 10.1. The van der Waals surface area contributed by atoms with E-state index in [9.17, 15) is 5.11 Å². The van der Waals surface area contributed by atoms with E-state index >= 15 is 0 Å². The van der Waals surface area contributed by atoms with Crippen LogP contribution >= 0.6 is 15.9 Å². The van der Waals surface area contributed by atoms with Crippen LogP contribution in [0.25, 0.3) is 0 Å². The van der Waals surface area contributed by atoms with Crippen LogP contribution in [0.4, 0.5) is 5.69 Å². The van der Waals surface area contributed by atoms with Crippen LogP contribution in [-0.4, -0.2) is 30.9 Å². The van der Waals surface area contributed by atoms with Crippen LogP contribution in [0.3, 0.4) is 0 Å². The van der Waals surface area contributed by atoms with Crippen molar-refractivity contribution in [3.8, 4) is 0 Å². The first-order valence-corrected chi connectivity index (χ1v) is 6.71. The molecule has 0 aromatic heterocycles. The van der Waals surface area contributed by atoms with Gasteiger partial charge in [-0.25, -0.2) is 0 Å². The summed E-state index contributed by atoms with van der Waals surface area (Å²) >= 11 is 3.58. The third-order valence-electron chi connectivity index (χ3n) is 3.04. The summed E-state index contributed by atoms with van der Waals surface area (Å²) in [5.41, 5.74) is 2.10. The SMILES string of the molecule is CC1CN(c2ccc([C@@H](C)O)cc2Br)CCO1. The molecule has 0 amide bonds. The van der Waals surface area contributed by atoms with Crippen molar-refractivity contribution >= 4 is 21.6 Å². The molecule has 0 radical (unpaired) electrons. The molecule has 1 N–H and O–H groups in total. The lowest BCUT2D eigenvalue weighted by molar-refractivity contribution is 0.0532. The number of hydrogen-bond acceptors (Lipinski definition) is 3. The molecule has 3 nitrogen and oxygen atoms in total. The molecule has 1 aliphatic rings. The van der Waals surface area contributed by atoms with Crippen LogP contribution in [0.1, 0.15) is 25.5 Å². The van der Waals surface area contributed by atoms with Crippen molar-refractivity contribution in [3.63, 3.8) is 0 Å². The van der Waals surface area contributed by atoms with Crippen LogP contribution in [-0.2, 0) is 4.74 Å². The van der Waals surface area contributed by atoms with Crippen molar-refractivity contribution in [2.24, 2.45) is 0 Å². The average Bonchev–Trinajstić information content (AvgIpc) is 2.28. The Morgan fingerprint density at radius 2 is 2.29 bits per heavy atom. The molecule has 1 aliphatic heterocycles. The van der Waals surface area contributed by atoms with Gasteiger partial charge in [0.25, 0.3) is 0 Å². The first kappa shape index (κ1) is 12.9. The summed E-state index contributed by atoms with van der Waals surface area (Å²) in [4.78, 5) is 2.31. The minimum atomic E-state index is -0.427. The highest BCUT2D eigenvalue weighted by atomic mass is 79.9. The van der Waals surface area contributed by atoms with Crippen molar-refractivity contribution in [2.75, 3.05) is 24.6 Å². The molecule has 0 aliphatic carbocycles. The molecule has 0 saturated carbocycles. The van der Waals surface area contributed by atoms with Crippen molar-refractivity contribution in [1.29, 1.82) is 0 Å². The van der Waals surface area contributed by atoms with Crippen molar-refractivity contribution < 1.29 is 9.84 Å². The largest absolute Gasteiger partial charge is 0.389 e. The summed E-state index contributed by atoms with van der Waals surface area (Å²) in [7, 11) is 0. The minimum Gasteiger partial charge on any atom is -0.389 e. The standard InChI is InChI=1S/C13H18BrNO2/c1-9-8-15(5-6-17-9)13-4-3-11(10(2)16)7-12(13)14/h3-4,7,9-10,16H,5-6,8H2,1-2H3/t9?,10-/m1/s1. The third kappa shape index (κ3) is 3.00. The normalized spacial score (nSPS) is 22.6. The molecule has 94 valence electrons. The van der Waals surface area contributed by atoms with E-state index in [0.29, 0.717) is 0 Å². The summed E-state index contributed by atoms with van der Waals surface area (Å²) in [5, 5.41) is 9.54. The van der Waals surface area contributed by atoms with Crippen molar-refractivity contribution in [1.82, 2.24) is 0 Å². The number of halogens is 1. The van der Waals surface area contributed by atoms with E-state index < -0.39 is 6.10 Å². The number of anilines is 1. The van der Waals surface area contributed by atoms with Gasteiger partial charge in [-0.3, -0.25) is 0 Å². The van der Waals surface area contributed by atoms with Gasteiger partial charge in [0.15, 0.2) is 0 Å². The van der Waals surface area contributed by atoms with Gasteiger partial charge in [0.1, 0.15) is 0 Å². The van der Waals surface area contributed by atoms with Gasteiger partial charge in [-0.2, -0.15) is 0 Å². The van der Waals surface area contributed by atoms with E-state index in [0.717, 1.165) is 29.7 Å². The van der Waals surface area contributed by atoms with Gasteiger partial charge >= 0.3 is 0 Å². The van der Waals surface area contributed by atoms with Gasteiger partial charge in [-0.15, -0.1) is 0 Å². The average molecular weight is 300 g/mol. The summed E-state index contributed by atoms with van der Waals surface area (Å²) in [6.07, 6.45) is -0.156. The molecule has 1 heterocycles. The molecule has 1 aromatic carbocycles. The number of morpholine rings is 1. The van der Waals surface area contributed by atoms with Gasteiger partial charge in [-0.1, -0.05) is 6.07 Å². The Bertz CT molecular complexity index is 395. The first-order valence-electron chi connectivity index (χ1n) is 5.92. The van der Waals surface area contributed by atoms with E-state index in [1.54, 1.807) is 6.92 Å². The van der Waals surface area contributed by atoms with Crippen LogP contribution in [0.5, 0.6) is 0 Å². The van der Waals surface area contributed by atoms with Crippen molar-refractivity contribution in [2.45, 2.75) is 26.1 Å². The minimum absolute atomic E-state index is 0.270. The predicted molar refractivity (Wildman–Crippen MR) is 72.4 cm³/mol. The fourth-order valence-electron chi connectivity index (χ4n) is 2.08. The molecule has 1 aromatic rings. The molecule has 1 unspecified atom stereocenters. The Hall–Kier alpha value is -0.580. The topological polar surface area (TPSA) is 32.7 Å². The molecule has 0 bridgehead atoms. The van der Waals surface area contributed by atoms with E-state index in [1.807, 2.05) is 12.1 Å². The number of ether oxygens (including phenoxy) is 1. The first-order chi connectivity index (χ1) is 8.08. The van der Waals surface area contributed by atoms with Crippen molar-refractivity contribution in [3.05, 3.63) is 28.2 Å². The van der Waals surface area contributed by atoms with E-state index in [4.69, 9.17) is 4.74 Å². The fourth-order valence-corrected chi connectivity index (χ4v) is 2.72. The quantitative estimate of drug-likeness (QED) is 0.911. The number of aliphatic hydroxyl groups excluding tert-OH is 1. The van der Waals surface area contributed by atoms with E-state index in [1.165, 1.54) is 5.69 Å². The number of benzene rings is 1. The predicted octanol–water partition coefficient (Wildman–Crippen LogP) is 2.73. The second-order valence-electron chi connectivity index (χ2n) is 4.51. The van der Waals surface area contributed by atoms with Crippen LogP contribution in [0, 0.1) is 0 Å². The highest BCUT2D eigenvalue weighted by Crippen LogP contribution is 2.30. The van der Waals surface area contributed by atoms with Gasteiger partial charge in [0.2, 0.25) is 0 Å². The molecule has 4 heteroatoms. The zero-order valence-corrected chi connectivity index (χ0v) is 11.8. The Morgan fingerprint density at radius 3 is 2.88 bits per heavy atom. The molecule has 2 atom stereocenters. The van der Waals surface area contributed by atoms with Crippen LogP contribution in [0.2, 0.25) is 0 Å². The fraction of sp³-hybridized carbons (Fsp3) is 0.538. The Labute approximate surface area is 111 Å². The number of rotatable bonds is 2. The highest BCUT2D eigenvalue weighted by molar-refractivity contribution is 9.10. The Kier molecular flexibility index (Phi) is 4.07. The molecule has 1 fully saturated rings. The third-order valence-corrected chi connectivity index (χ3v) is 3.67. The second-order valence-corrected chi connectivity index (χ2v) is 5.37. The van der Waals surface area contributed by atoms with Gasteiger partial charge in [-0.05, 0) is 47.5 Å². The van der Waals surface area contributed by atoms with E-state index in [2.05, 4.69) is 33.8 Å². The maximum atomic E-state index is 9.54. The number of hydrogen-bond donors (Lipinski definition) is 1. The van der Waals surface area contributed by atoms with E-state index in [-0.39, 0.29) is 6.10 Å². The van der Waals surface area contributed by atoms with Crippen LogP contribution in [0.15, 0.2) is 22.7 Å². The Balaban J connectivity index is 2.21. The molecule has 0 spiro atoms. The highest BCUT2D eigenvalue weighted by Gasteiger charge is 2.19. The zero-order chi connectivity index (χ0) is 12.4. The molecular formula is C13H18BrNO2. The summed E-state index contributed by atoms with van der Waals surface area (Å²) < 4.78 is 6.57. The van der Waals surface area contributed by atoms with Gasteiger partial charge in [0.05, 0.1) is 24.5 Å². The summed E-state index contributed by atoms with van der Waals surface area (Å²) in [6, 6.07) is 6.02. The number of nitrogens with zero attached hydrogens (tertiary/aromatic N) is 1. The summed E-state index contributed by atoms with van der Waals surface area (Å²) in [6.45, 7) is 6.46. The monoisotopic (exact) mass is 299 g/mol. The molecular weight excluding hydrogens is 282 g/mol. The maximum Gasteiger partial charge on any atom is 0.0762 e.